The summed E-state index contributed by atoms with van der Waals surface area (Å²) in [5, 5.41) is 0. The van der Waals surface area contributed by atoms with Crippen LogP contribution in [0.15, 0.2) is 65.7 Å². The lowest BCUT2D eigenvalue weighted by molar-refractivity contribution is -0.137. The molecule has 3 rings (SSSR count). The first-order valence-electron chi connectivity index (χ1n) is 9.06. The third kappa shape index (κ3) is 4.84. The van der Waals surface area contributed by atoms with Crippen LogP contribution in [0.4, 0.5) is 13.2 Å². The summed E-state index contributed by atoms with van der Waals surface area (Å²) in [5.74, 6) is 4.83. The molecule has 0 amide bonds. The Kier molecular flexibility index (Phi) is 6.17. The first kappa shape index (κ1) is 21.1. The first-order valence-corrected chi connectivity index (χ1v) is 9.06. The largest absolute Gasteiger partial charge is 0.416 e. The minimum atomic E-state index is -4.45. The summed E-state index contributed by atoms with van der Waals surface area (Å²) in [4.78, 5) is 30.9. The van der Waals surface area contributed by atoms with Crippen LogP contribution in [0, 0.1) is 11.8 Å². The van der Waals surface area contributed by atoms with Gasteiger partial charge < -0.3 is 4.98 Å². The van der Waals surface area contributed by atoms with Crippen molar-refractivity contribution in [2.75, 3.05) is 0 Å². The minimum absolute atomic E-state index is 0.0488. The van der Waals surface area contributed by atoms with E-state index in [2.05, 4.69) is 21.8 Å². The first-order chi connectivity index (χ1) is 14.3. The molecule has 0 saturated heterocycles. The van der Waals surface area contributed by atoms with Crippen LogP contribution in [0.25, 0.3) is 0 Å². The number of nitrogens with one attached hydrogen (secondary N) is 1. The van der Waals surface area contributed by atoms with Gasteiger partial charge in [0.05, 0.1) is 11.3 Å². The molecule has 152 valence electrons. The number of aromatic nitrogens is 2. The second-order valence-corrected chi connectivity index (χ2v) is 6.55. The predicted octanol–water partition coefficient (Wildman–Crippen LogP) is 4.57. The van der Waals surface area contributed by atoms with Crippen LogP contribution in [0.3, 0.4) is 0 Å². The maximum Gasteiger partial charge on any atom is 0.416 e. The number of halogens is 3. The van der Waals surface area contributed by atoms with Gasteiger partial charge in [0.2, 0.25) is 5.56 Å². The van der Waals surface area contributed by atoms with E-state index in [1.165, 1.54) is 30.5 Å². The molecule has 0 bridgehead atoms. The lowest BCUT2D eigenvalue weighted by Crippen LogP contribution is -2.14. The van der Waals surface area contributed by atoms with Crippen LogP contribution < -0.4 is 5.56 Å². The molecular weight excluding hydrogens is 393 g/mol. The number of nitrogens with zero attached hydrogens (tertiary/aromatic N) is 1. The number of carbonyl (C=O) groups is 1. The SMILES string of the molecule is CC#Cc1cccnc1[C@@H](CC(=O)c1ccc(=O)[nH]c1)c1ccc(C(F)(F)F)cc1. The highest BCUT2D eigenvalue weighted by atomic mass is 19.4. The van der Waals surface area contributed by atoms with Crippen LogP contribution >= 0.6 is 0 Å². The molecule has 1 atom stereocenters. The topological polar surface area (TPSA) is 62.8 Å². The number of rotatable bonds is 5. The Bertz CT molecular complexity index is 1150. The molecule has 30 heavy (non-hydrogen) atoms. The van der Waals surface area contributed by atoms with Gasteiger partial charge in [0.25, 0.3) is 0 Å². The molecule has 0 fully saturated rings. The summed E-state index contributed by atoms with van der Waals surface area (Å²) in [6, 6.07) is 10.8. The number of hydrogen-bond acceptors (Lipinski definition) is 3. The minimum Gasteiger partial charge on any atom is -0.328 e. The van der Waals surface area contributed by atoms with Crippen molar-refractivity contribution in [2.45, 2.75) is 25.4 Å². The van der Waals surface area contributed by atoms with E-state index >= 15 is 0 Å². The Hall–Kier alpha value is -3.66. The molecule has 0 saturated carbocycles. The van der Waals surface area contributed by atoms with Gasteiger partial charge in [-0.2, -0.15) is 13.2 Å². The van der Waals surface area contributed by atoms with Gasteiger partial charge in [-0.3, -0.25) is 14.6 Å². The molecule has 1 N–H and O–H groups in total. The molecule has 0 aliphatic rings. The molecule has 0 radical (unpaired) electrons. The predicted molar refractivity (Wildman–Crippen MR) is 106 cm³/mol. The number of carbonyl (C=O) groups excluding carboxylic acids is 1. The average molecular weight is 410 g/mol. The molecule has 0 unspecified atom stereocenters. The van der Waals surface area contributed by atoms with Crippen molar-refractivity contribution >= 4 is 5.78 Å². The standard InChI is InChI=1S/C23H17F3N2O2/c1-2-4-16-5-3-12-27-22(16)19(13-20(29)17-8-11-21(30)28-14-17)15-6-9-18(10-7-15)23(24,25)26/h3,5-12,14,19H,13H2,1H3,(H,28,30)/t19-/m0/s1. The highest BCUT2D eigenvalue weighted by molar-refractivity contribution is 5.96. The quantitative estimate of drug-likeness (QED) is 0.495. The molecular formula is C23H17F3N2O2. The van der Waals surface area contributed by atoms with Crippen molar-refractivity contribution in [3.05, 3.63) is 99.2 Å². The fourth-order valence-electron chi connectivity index (χ4n) is 3.10. The Morgan fingerprint density at radius 1 is 1.13 bits per heavy atom. The third-order valence-corrected chi connectivity index (χ3v) is 4.56. The molecule has 0 spiro atoms. The zero-order valence-electron chi connectivity index (χ0n) is 16.0. The van der Waals surface area contributed by atoms with Gasteiger partial charge in [-0.25, -0.2) is 0 Å². The molecule has 2 aromatic heterocycles. The number of Topliss-reactive ketones (excluding diaryl/α,β-unsaturated/α-hetero) is 1. The zero-order chi connectivity index (χ0) is 21.7. The Morgan fingerprint density at radius 2 is 1.87 bits per heavy atom. The highest BCUT2D eigenvalue weighted by Crippen LogP contribution is 2.34. The smallest absolute Gasteiger partial charge is 0.328 e. The monoisotopic (exact) mass is 410 g/mol. The summed E-state index contributed by atoms with van der Waals surface area (Å²) in [5.41, 5.74) is 0.801. The second-order valence-electron chi connectivity index (χ2n) is 6.55. The summed E-state index contributed by atoms with van der Waals surface area (Å²) in [6.45, 7) is 1.66. The third-order valence-electron chi connectivity index (χ3n) is 4.56. The molecule has 1 aromatic carbocycles. The molecule has 7 heteroatoms. The number of hydrogen-bond donors (Lipinski definition) is 1. The Labute approximate surface area is 170 Å². The van der Waals surface area contributed by atoms with Crippen molar-refractivity contribution in [1.82, 2.24) is 9.97 Å². The van der Waals surface area contributed by atoms with Crippen LogP contribution in [0.1, 0.15) is 52.0 Å². The van der Waals surface area contributed by atoms with E-state index in [0.717, 1.165) is 12.1 Å². The van der Waals surface area contributed by atoms with Gasteiger partial charge >= 0.3 is 6.18 Å². The van der Waals surface area contributed by atoms with Crippen molar-refractivity contribution in [3.8, 4) is 11.8 Å². The fourth-order valence-corrected chi connectivity index (χ4v) is 3.10. The number of benzene rings is 1. The van der Waals surface area contributed by atoms with E-state index in [0.29, 0.717) is 22.4 Å². The second kappa shape index (κ2) is 8.78. The van der Waals surface area contributed by atoms with Crippen molar-refractivity contribution in [3.63, 3.8) is 0 Å². The molecule has 4 nitrogen and oxygen atoms in total. The molecule has 0 aliphatic carbocycles. The fraction of sp³-hybridized carbons (Fsp3) is 0.174. The van der Waals surface area contributed by atoms with Gasteiger partial charge in [0.1, 0.15) is 0 Å². The maximum absolute atomic E-state index is 13.0. The lowest BCUT2D eigenvalue weighted by Gasteiger charge is -2.19. The van der Waals surface area contributed by atoms with E-state index in [-0.39, 0.29) is 17.8 Å². The van der Waals surface area contributed by atoms with Gasteiger partial charge in [-0.15, -0.1) is 5.92 Å². The van der Waals surface area contributed by atoms with Crippen molar-refractivity contribution < 1.29 is 18.0 Å². The molecule has 0 aliphatic heterocycles. The van der Waals surface area contributed by atoms with Crippen LogP contribution in [-0.2, 0) is 6.18 Å². The number of H-pyrrole nitrogens is 1. The lowest BCUT2D eigenvalue weighted by atomic mass is 9.86. The van der Waals surface area contributed by atoms with Gasteiger partial charge in [-0.05, 0) is 42.8 Å². The van der Waals surface area contributed by atoms with Crippen LogP contribution in [0.2, 0.25) is 0 Å². The van der Waals surface area contributed by atoms with Crippen molar-refractivity contribution in [1.29, 1.82) is 0 Å². The van der Waals surface area contributed by atoms with Gasteiger partial charge in [0, 0.05) is 41.9 Å². The average Bonchev–Trinajstić information content (AvgIpc) is 2.73. The number of pyridine rings is 2. The summed E-state index contributed by atoms with van der Waals surface area (Å²) < 4.78 is 38.9. The maximum atomic E-state index is 13.0. The highest BCUT2D eigenvalue weighted by Gasteiger charge is 2.31. The van der Waals surface area contributed by atoms with E-state index < -0.39 is 17.7 Å². The summed E-state index contributed by atoms with van der Waals surface area (Å²) >= 11 is 0. The normalized spacial score (nSPS) is 12.0. The van der Waals surface area contributed by atoms with E-state index in [4.69, 9.17) is 0 Å². The van der Waals surface area contributed by atoms with E-state index in [1.807, 2.05) is 0 Å². The van der Waals surface area contributed by atoms with Crippen LogP contribution in [0.5, 0.6) is 0 Å². The van der Waals surface area contributed by atoms with Crippen molar-refractivity contribution in [2.24, 2.45) is 0 Å². The van der Waals surface area contributed by atoms with E-state index in [1.54, 1.807) is 25.3 Å². The Balaban J connectivity index is 2.05. The summed E-state index contributed by atoms with van der Waals surface area (Å²) in [6.07, 6.45) is -1.63. The molecule has 2 heterocycles. The zero-order valence-corrected chi connectivity index (χ0v) is 16.0. The number of alkyl halides is 3. The Morgan fingerprint density at radius 3 is 2.47 bits per heavy atom. The molecule has 3 aromatic rings. The van der Waals surface area contributed by atoms with Gasteiger partial charge in [-0.1, -0.05) is 18.1 Å². The van der Waals surface area contributed by atoms with E-state index in [9.17, 15) is 22.8 Å². The number of ketones is 1. The van der Waals surface area contributed by atoms with Crippen LogP contribution in [-0.4, -0.2) is 15.8 Å². The van der Waals surface area contributed by atoms with Gasteiger partial charge in [0.15, 0.2) is 5.78 Å². The number of aromatic amines is 1. The summed E-state index contributed by atoms with van der Waals surface area (Å²) in [7, 11) is 0.